The molecular formula is C8H12F2O2. The summed E-state index contributed by atoms with van der Waals surface area (Å²) < 4.78 is 29.8. The smallest absolute Gasteiger partial charge is 0.308 e. The average molecular weight is 178 g/mol. The standard InChI is InChI=1S/C8H12F2O2/c1-12-8(11)5-2-3-6(9)7(10)4-5/h5-7H,2-4H2,1H3/t5-,6+,7-/m0/s1. The second-order valence-corrected chi connectivity index (χ2v) is 3.07. The zero-order valence-electron chi connectivity index (χ0n) is 6.93. The van der Waals surface area contributed by atoms with Crippen LogP contribution < -0.4 is 0 Å². The number of hydrogen-bond acceptors (Lipinski definition) is 2. The van der Waals surface area contributed by atoms with Crippen molar-refractivity contribution in [2.75, 3.05) is 7.11 Å². The molecule has 0 unspecified atom stereocenters. The van der Waals surface area contributed by atoms with Gasteiger partial charge in [0.1, 0.15) is 12.3 Å². The molecule has 0 aromatic rings. The van der Waals surface area contributed by atoms with Crippen molar-refractivity contribution in [1.29, 1.82) is 0 Å². The van der Waals surface area contributed by atoms with Crippen LogP contribution in [0.4, 0.5) is 8.78 Å². The van der Waals surface area contributed by atoms with Gasteiger partial charge in [0.25, 0.3) is 0 Å². The molecule has 0 radical (unpaired) electrons. The second kappa shape index (κ2) is 3.83. The molecule has 0 spiro atoms. The maximum Gasteiger partial charge on any atom is 0.308 e. The lowest BCUT2D eigenvalue weighted by molar-refractivity contribution is -0.148. The van der Waals surface area contributed by atoms with Crippen LogP contribution in [0, 0.1) is 5.92 Å². The summed E-state index contributed by atoms with van der Waals surface area (Å²) in [7, 11) is 1.26. The van der Waals surface area contributed by atoms with Crippen molar-refractivity contribution in [1.82, 2.24) is 0 Å². The number of alkyl halides is 2. The highest BCUT2D eigenvalue weighted by Crippen LogP contribution is 2.29. The highest BCUT2D eigenvalue weighted by molar-refractivity contribution is 5.72. The van der Waals surface area contributed by atoms with Crippen molar-refractivity contribution in [3.8, 4) is 0 Å². The van der Waals surface area contributed by atoms with E-state index in [2.05, 4.69) is 4.74 Å². The minimum Gasteiger partial charge on any atom is -0.469 e. The molecule has 4 heteroatoms. The molecule has 12 heavy (non-hydrogen) atoms. The molecule has 1 fully saturated rings. The lowest BCUT2D eigenvalue weighted by Crippen LogP contribution is -2.31. The first-order chi connectivity index (χ1) is 5.65. The number of hydrogen-bond donors (Lipinski definition) is 0. The summed E-state index contributed by atoms with van der Waals surface area (Å²) in [6.07, 6.45) is -2.41. The first kappa shape index (κ1) is 9.42. The maximum absolute atomic E-state index is 12.7. The molecular weight excluding hydrogens is 166 g/mol. The normalized spacial score (nSPS) is 36.1. The Morgan fingerprint density at radius 3 is 2.50 bits per heavy atom. The molecule has 0 aliphatic heterocycles. The van der Waals surface area contributed by atoms with Gasteiger partial charge in [-0.1, -0.05) is 0 Å². The summed E-state index contributed by atoms with van der Waals surface area (Å²) in [6.45, 7) is 0. The zero-order chi connectivity index (χ0) is 9.14. The molecule has 0 saturated heterocycles. The highest BCUT2D eigenvalue weighted by Gasteiger charge is 2.34. The minimum absolute atomic E-state index is 0.0339. The quantitative estimate of drug-likeness (QED) is 0.570. The number of esters is 1. The van der Waals surface area contributed by atoms with Crippen molar-refractivity contribution in [3.63, 3.8) is 0 Å². The van der Waals surface area contributed by atoms with Gasteiger partial charge in [-0.3, -0.25) is 4.79 Å². The number of carbonyl (C=O) groups is 1. The Hall–Kier alpha value is -0.670. The number of carbonyl (C=O) groups excluding carboxylic acids is 1. The molecule has 0 N–H and O–H groups in total. The molecule has 70 valence electrons. The van der Waals surface area contributed by atoms with Gasteiger partial charge in [0.2, 0.25) is 0 Å². The van der Waals surface area contributed by atoms with Crippen molar-refractivity contribution in [2.45, 2.75) is 31.6 Å². The predicted octanol–water partition coefficient (Wildman–Crippen LogP) is 1.64. The van der Waals surface area contributed by atoms with Crippen LogP contribution in [0.5, 0.6) is 0 Å². The molecule has 0 amide bonds. The van der Waals surface area contributed by atoms with E-state index < -0.39 is 24.2 Å². The van der Waals surface area contributed by atoms with Crippen LogP contribution in [0.3, 0.4) is 0 Å². The number of halogens is 2. The highest BCUT2D eigenvalue weighted by atomic mass is 19.2. The van der Waals surface area contributed by atoms with Gasteiger partial charge >= 0.3 is 5.97 Å². The van der Waals surface area contributed by atoms with Gasteiger partial charge in [0, 0.05) is 0 Å². The topological polar surface area (TPSA) is 26.3 Å². The monoisotopic (exact) mass is 178 g/mol. The van der Waals surface area contributed by atoms with E-state index in [1.807, 2.05) is 0 Å². The Balaban J connectivity index is 2.45. The summed E-state index contributed by atoms with van der Waals surface area (Å²) in [6, 6.07) is 0. The van der Waals surface area contributed by atoms with E-state index in [-0.39, 0.29) is 12.8 Å². The van der Waals surface area contributed by atoms with Crippen LogP contribution in [0.2, 0.25) is 0 Å². The summed E-state index contributed by atoms with van der Waals surface area (Å²) in [5.74, 6) is -0.874. The summed E-state index contributed by atoms with van der Waals surface area (Å²) in [5.41, 5.74) is 0. The number of methoxy groups -OCH3 is 1. The van der Waals surface area contributed by atoms with Gasteiger partial charge in [0.15, 0.2) is 0 Å². The average Bonchev–Trinajstić information content (AvgIpc) is 2.08. The largest absolute Gasteiger partial charge is 0.469 e. The fraction of sp³-hybridized carbons (Fsp3) is 0.875. The van der Waals surface area contributed by atoms with Crippen LogP contribution in [0.15, 0.2) is 0 Å². The third-order valence-electron chi connectivity index (χ3n) is 2.23. The Labute approximate surface area is 69.9 Å². The Morgan fingerprint density at radius 1 is 1.33 bits per heavy atom. The molecule has 3 atom stereocenters. The molecule has 0 aromatic heterocycles. The van der Waals surface area contributed by atoms with Crippen molar-refractivity contribution in [2.24, 2.45) is 5.92 Å². The first-order valence-electron chi connectivity index (χ1n) is 4.01. The van der Waals surface area contributed by atoms with Crippen molar-refractivity contribution >= 4 is 5.97 Å². The molecule has 0 heterocycles. The third-order valence-corrected chi connectivity index (χ3v) is 2.23. The molecule has 1 saturated carbocycles. The minimum atomic E-state index is -1.50. The maximum atomic E-state index is 12.7. The van der Waals surface area contributed by atoms with E-state index in [0.29, 0.717) is 6.42 Å². The fourth-order valence-corrected chi connectivity index (χ4v) is 1.46. The molecule has 1 rings (SSSR count). The Kier molecular flexibility index (Phi) is 3.00. The van der Waals surface area contributed by atoms with E-state index in [4.69, 9.17) is 0 Å². The van der Waals surface area contributed by atoms with Crippen LogP contribution in [0.1, 0.15) is 19.3 Å². The van der Waals surface area contributed by atoms with Gasteiger partial charge < -0.3 is 4.74 Å². The molecule has 0 aromatic carbocycles. The van der Waals surface area contributed by atoms with Gasteiger partial charge in [-0.25, -0.2) is 8.78 Å². The van der Waals surface area contributed by atoms with E-state index in [1.165, 1.54) is 7.11 Å². The first-order valence-corrected chi connectivity index (χ1v) is 4.01. The van der Waals surface area contributed by atoms with E-state index >= 15 is 0 Å². The summed E-state index contributed by atoms with van der Waals surface area (Å²) in [5, 5.41) is 0. The van der Waals surface area contributed by atoms with E-state index in [9.17, 15) is 13.6 Å². The van der Waals surface area contributed by atoms with Gasteiger partial charge in [-0.2, -0.15) is 0 Å². The van der Waals surface area contributed by atoms with Crippen LogP contribution in [-0.2, 0) is 9.53 Å². The SMILES string of the molecule is COC(=O)[C@H]1CC[C@@H](F)[C@@H](F)C1. The number of ether oxygens (including phenoxy) is 1. The summed E-state index contributed by atoms with van der Waals surface area (Å²) >= 11 is 0. The summed E-state index contributed by atoms with van der Waals surface area (Å²) in [4.78, 5) is 10.9. The van der Waals surface area contributed by atoms with Gasteiger partial charge in [-0.15, -0.1) is 0 Å². The van der Waals surface area contributed by atoms with Gasteiger partial charge in [0.05, 0.1) is 13.0 Å². The van der Waals surface area contributed by atoms with Crippen molar-refractivity contribution in [3.05, 3.63) is 0 Å². The van der Waals surface area contributed by atoms with Crippen LogP contribution in [0.25, 0.3) is 0 Å². The molecule has 1 aliphatic rings. The lowest BCUT2D eigenvalue weighted by Gasteiger charge is -2.25. The Morgan fingerprint density at radius 2 is 2.00 bits per heavy atom. The van der Waals surface area contributed by atoms with Crippen LogP contribution in [-0.4, -0.2) is 25.4 Å². The van der Waals surface area contributed by atoms with E-state index in [0.717, 1.165) is 0 Å². The molecule has 1 aliphatic carbocycles. The number of rotatable bonds is 1. The molecule has 2 nitrogen and oxygen atoms in total. The van der Waals surface area contributed by atoms with Crippen LogP contribution >= 0.6 is 0 Å². The lowest BCUT2D eigenvalue weighted by atomic mass is 9.87. The Bertz CT molecular complexity index is 172. The molecule has 0 bridgehead atoms. The van der Waals surface area contributed by atoms with Crippen molar-refractivity contribution < 1.29 is 18.3 Å². The predicted molar refractivity (Wildman–Crippen MR) is 39.1 cm³/mol. The van der Waals surface area contributed by atoms with E-state index in [1.54, 1.807) is 0 Å². The fourth-order valence-electron chi connectivity index (χ4n) is 1.46. The van der Waals surface area contributed by atoms with Gasteiger partial charge in [-0.05, 0) is 19.3 Å². The zero-order valence-corrected chi connectivity index (χ0v) is 6.93. The second-order valence-electron chi connectivity index (χ2n) is 3.07. The third kappa shape index (κ3) is 1.93.